The molecule has 2 atom stereocenters. The van der Waals surface area contributed by atoms with Gasteiger partial charge in [0.1, 0.15) is 11.3 Å². The fraction of sp³-hybridized carbons (Fsp3) is 0.381. The van der Waals surface area contributed by atoms with Crippen molar-refractivity contribution in [3.63, 3.8) is 0 Å². The van der Waals surface area contributed by atoms with E-state index < -0.39 is 0 Å². The molecule has 0 spiro atoms. The Labute approximate surface area is 177 Å². The largest absolute Gasteiger partial charge is 0.377 e. The van der Waals surface area contributed by atoms with Gasteiger partial charge in [-0.05, 0) is 31.0 Å². The van der Waals surface area contributed by atoms with Crippen LogP contribution in [0.15, 0.2) is 28.9 Å². The Morgan fingerprint density at radius 1 is 1.30 bits per heavy atom. The number of benzene rings is 1. The maximum atomic E-state index is 9.13. The van der Waals surface area contributed by atoms with Crippen molar-refractivity contribution in [2.24, 2.45) is 0 Å². The van der Waals surface area contributed by atoms with Gasteiger partial charge >= 0.3 is 0 Å². The monoisotopic (exact) mass is 422 g/mol. The van der Waals surface area contributed by atoms with Gasteiger partial charge in [-0.3, -0.25) is 4.98 Å². The number of aromatic nitrogens is 5. The number of rotatable bonds is 4. The first-order valence-electron chi connectivity index (χ1n) is 9.85. The lowest BCUT2D eigenvalue weighted by atomic mass is 10.0. The van der Waals surface area contributed by atoms with Crippen LogP contribution in [0.25, 0.3) is 21.9 Å². The maximum Gasteiger partial charge on any atom is 0.223 e. The molecule has 5 rings (SSSR count). The van der Waals surface area contributed by atoms with Crippen molar-refractivity contribution in [1.82, 2.24) is 24.7 Å². The second-order valence-electron chi connectivity index (χ2n) is 7.49. The van der Waals surface area contributed by atoms with Gasteiger partial charge in [-0.15, -0.1) is 0 Å². The molecule has 0 bridgehead atoms. The summed E-state index contributed by atoms with van der Waals surface area (Å²) in [5, 5.41) is 14.8. The predicted molar refractivity (Wildman–Crippen MR) is 110 cm³/mol. The second-order valence-corrected chi connectivity index (χ2v) is 7.93. The summed E-state index contributed by atoms with van der Waals surface area (Å²) in [4.78, 5) is 13.8. The van der Waals surface area contributed by atoms with Crippen LogP contribution in [-0.4, -0.2) is 37.4 Å². The molecule has 0 amide bonds. The highest BCUT2D eigenvalue weighted by Crippen LogP contribution is 2.35. The average Bonchev–Trinajstić information content (AvgIpc) is 3.31. The van der Waals surface area contributed by atoms with Crippen LogP contribution in [0, 0.1) is 18.3 Å². The van der Waals surface area contributed by atoms with Crippen LogP contribution in [0.2, 0.25) is 5.02 Å². The molecule has 3 aromatic heterocycles. The summed E-state index contributed by atoms with van der Waals surface area (Å²) >= 11 is 6.32. The normalized spacial score (nSPS) is 19.4. The molecular weight excluding hydrogens is 404 g/mol. The Bertz CT molecular complexity index is 1270. The SMILES string of the molecule is Cc1nc(Cc2nc3cnc4ccc(Cl)cc4c3n2C2CCOC(CC#N)C2)no1. The van der Waals surface area contributed by atoms with Gasteiger partial charge in [0.05, 0.1) is 42.2 Å². The highest BCUT2D eigenvalue weighted by atomic mass is 35.5. The van der Waals surface area contributed by atoms with Gasteiger partial charge in [-0.1, -0.05) is 16.8 Å². The molecule has 9 heteroatoms. The molecule has 4 aromatic rings. The molecule has 8 nitrogen and oxygen atoms in total. The lowest BCUT2D eigenvalue weighted by molar-refractivity contribution is -0.00202. The van der Waals surface area contributed by atoms with Gasteiger partial charge in [0.25, 0.3) is 0 Å². The average molecular weight is 423 g/mol. The zero-order valence-corrected chi connectivity index (χ0v) is 17.1. The van der Waals surface area contributed by atoms with Crippen LogP contribution >= 0.6 is 11.6 Å². The van der Waals surface area contributed by atoms with E-state index in [0.717, 1.165) is 40.6 Å². The molecule has 152 valence electrons. The van der Waals surface area contributed by atoms with Gasteiger partial charge in [0, 0.05) is 30.0 Å². The molecular formula is C21H19ClN6O2. The van der Waals surface area contributed by atoms with Crippen molar-refractivity contribution < 1.29 is 9.26 Å². The first-order valence-corrected chi connectivity index (χ1v) is 10.2. The standard InChI is InChI=1S/C21H19ClN6O2/c1-12-25-19(27-30-12)10-20-26-18-11-24-17-3-2-13(22)8-16(17)21(18)28(20)14-5-7-29-15(9-14)4-6-23/h2-3,8,11,14-15H,4-5,7,9-10H2,1H3. The summed E-state index contributed by atoms with van der Waals surface area (Å²) in [5.74, 6) is 1.94. The minimum absolute atomic E-state index is 0.0943. The zero-order valence-electron chi connectivity index (χ0n) is 16.4. The van der Waals surface area contributed by atoms with Gasteiger partial charge in [0.2, 0.25) is 5.89 Å². The molecule has 1 saturated heterocycles. The first-order chi connectivity index (χ1) is 14.6. The molecule has 0 saturated carbocycles. The number of ether oxygens (including phenoxy) is 1. The van der Waals surface area contributed by atoms with Crippen molar-refractivity contribution in [3.05, 3.63) is 47.0 Å². The fourth-order valence-electron chi connectivity index (χ4n) is 4.21. The molecule has 1 aromatic carbocycles. The zero-order chi connectivity index (χ0) is 20.7. The van der Waals surface area contributed by atoms with E-state index in [4.69, 9.17) is 31.1 Å². The number of aryl methyl sites for hydroxylation is 1. The van der Waals surface area contributed by atoms with Crippen LogP contribution in [0.4, 0.5) is 0 Å². The number of hydrogen-bond acceptors (Lipinski definition) is 7. The van der Waals surface area contributed by atoms with E-state index in [-0.39, 0.29) is 12.1 Å². The Hall–Kier alpha value is -3.02. The third-order valence-electron chi connectivity index (χ3n) is 5.46. The van der Waals surface area contributed by atoms with Crippen molar-refractivity contribution in [3.8, 4) is 6.07 Å². The van der Waals surface area contributed by atoms with Crippen molar-refractivity contribution in [2.75, 3.05) is 6.61 Å². The Morgan fingerprint density at radius 2 is 2.20 bits per heavy atom. The lowest BCUT2D eigenvalue weighted by Gasteiger charge is -2.30. The summed E-state index contributed by atoms with van der Waals surface area (Å²) in [6.07, 6.45) is 4.07. The van der Waals surface area contributed by atoms with Crippen LogP contribution in [0.5, 0.6) is 0 Å². The van der Waals surface area contributed by atoms with E-state index >= 15 is 0 Å². The van der Waals surface area contributed by atoms with Gasteiger partial charge in [-0.25, -0.2) is 4.98 Å². The third-order valence-corrected chi connectivity index (χ3v) is 5.70. The van der Waals surface area contributed by atoms with Gasteiger partial charge in [-0.2, -0.15) is 10.2 Å². The predicted octanol–water partition coefficient (Wildman–Crippen LogP) is 4.15. The van der Waals surface area contributed by atoms with E-state index in [2.05, 4.69) is 25.8 Å². The number of imidazole rings is 1. The number of pyridine rings is 1. The number of nitrogens with zero attached hydrogens (tertiary/aromatic N) is 6. The fourth-order valence-corrected chi connectivity index (χ4v) is 4.38. The van der Waals surface area contributed by atoms with Crippen molar-refractivity contribution in [1.29, 1.82) is 5.26 Å². The van der Waals surface area contributed by atoms with Crippen LogP contribution in [0.1, 0.15) is 42.8 Å². The molecule has 1 aliphatic rings. The van der Waals surface area contributed by atoms with Gasteiger partial charge in [0.15, 0.2) is 5.82 Å². The van der Waals surface area contributed by atoms with Crippen molar-refractivity contribution in [2.45, 2.75) is 44.8 Å². The van der Waals surface area contributed by atoms with Crippen LogP contribution in [-0.2, 0) is 11.2 Å². The number of nitriles is 1. The van der Waals surface area contributed by atoms with E-state index in [0.29, 0.717) is 36.2 Å². The number of halogens is 1. The van der Waals surface area contributed by atoms with E-state index in [1.165, 1.54) is 0 Å². The number of fused-ring (bicyclic) bond motifs is 3. The summed E-state index contributed by atoms with van der Waals surface area (Å²) in [5.41, 5.74) is 2.64. The minimum Gasteiger partial charge on any atom is -0.377 e. The second kappa shape index (κ2) is 7.67. The summed E-state index contributed by atoms with van der Waals surface area (Å²) < 4.78 is 13.2. The Kier molecular flexibility index (Phi) is 4.85. The summed E-state index contributed by atoms with van der Waals surface area (Å²) in [7, 11) is 0. The molecule has 1 aliphatic heterocycles. The Balaban J connectivity index is 1.70. The van der Waals surface area contributed by atoms with Gasteiger partial charge < -0.3 is 13.8 Å². The highest BCUT2D eigenvalue weighted by Gasteiger charge is 2.28. The summed E-state index contributed by atoms with van der Waals surface area (Å²) in [6, 6.07) is 8.04. The lowest BCUT2D eigenvalue weighted by Crippen LogP contribution is -2.28. The number of hydrogen-bond donors (Lipinski definition) is 0. The maximum absolute atomic E-state index is 9.13. The topological polar surface area (TPSA) is 103 Å². The molecule has 4 heterocycles. The molecule has 1 fully saturated rings. The van der Waals surface area contributed by atoms with Crippen LogP contribution in [0.3, 0.4) is 0 Å². The summed E-state index contributed by atoms with van der Waals surface area (Å²) in [6.45, 7) is 2.37. The molecule has 30 heavy (non-hydrogen) atoms. The van der Waals surface area contributed by atoms with E-state index in [9.17, 15) is 0 Å². The molecule has 0 aliphatic carbocycles. The Morgan fingerprint density at radius 3 is 3.00 bits per heavy atom. The smallest absolute Gasteiger partial charge is 0.223 e. The van der Waals surface area contributed by atoms with E-state index in [1.54, 1.807) is 13.1 Å². The quantitative estimate of drug-likeness (QED) is 0.486. The minimum atomic E-state index is -0.0943. The first kappa shape index (κ1) is 19.0. The molecule has 0 radical (unpaired) electrons. The highest BCUT2D eigenvalue weighted by molar-refractivity contribution is 6.31. The van der Waals surface area contributed by atoms with Crippen LogP contribution < -0.4 is 0 Å². The van der Waals surface area contributed by atoms with Crippen molar-refractivity contribution >= 4 is 33.5 Å². The molecule has 0 N–H and O–H groups in total. The molecule has 2 unspecified atom stereocenters. The third kappa shape index (κ3) is 3.40. The van der Waals surface area contributed by atoms with E-state index in [1.807, 2.05) is 18.2 Å².